The van der Waals surface area contributed by atoms with E-state index in [1.165, 1.54) is 24.2 Å². The Balaban J connectivity index is 1.51. The third-order valence-corrected chi connectivity index (χ3v) is 4.10. The molecule has 0 aromatic carbocycles. The molecule has 1 fully saturated rings. The molecular weight excluding hydrogens is 274 g/mol. The molecule has 1 atom stereocenters. The minimum absolute atomic E-state index is 0.00545. The summed E-state index contributed by atoms with van der Waals surface area (Å²) < 4.78 is 0. The maximum atomic E-state index is 11.6. The number of carbonyl (C=O) groups is 2. The molecule has 0 spiro atoms. The highest BCUT2D eigenvalue weighted by atomic mass is 32.1. The normalized spacial score (nSPS) is 15.7. The molecule has 0 saturated heterocycles. The zero-order valence-electron chi connectivity index (χ0n) is 11.4. The number of nitrogens with two attached hydrogens (primary N) is 1. The number of thiophene rings is 1. The van der Waals surface area contributed by atoms with Crippen molar-refractivity contribution in [3.63, 3.8) is 0 Å². The Morgan fingerprint density at radius 1 is 1.40 bits per heavy atom. The molecule has 2 amide bonds. The van der Waals surface area contributed by atoms with Crippen LogP contribution in [0.5, 0.6) is 0 Å². The Labute approximate surface area is 122 Å². The molecule has 110 valence electrons. The van der Waals surface area contributed by atoms with Gasteiger partial charge in [-0.2, -0.15) is 11.3 Å². The van der Waals surface area contributed by atoms with Gasteiger partial charge in [-0.15, -0.1) is 0 Å². The van der Waals surface area contributed by atoms with Gasteiger partial charge in [-0.1, -0.05) is 0 Å². The van der Waals surface area contributed by atoms with Gasteiger partial charge in [-0.25, -0.2) is 0 Å². The molecule has 1 aromatic heterocycles. The Kier molecular flexibility index (Phi) is 5.55. The van der Waals surface area contributed by atoms with Crippen molar-refractivity contribution in [2.24, 2.45) is 11.7 Å². The Bertz CT molecular complexity index is 443. The third kappa shape index (κ3) is 4.94. The van der Waals surface area contributed by atoms with E-state index in [1.54, 1.807) is 11.4 Å². The summed E-state index contributed by atoms with van der Waals surface area (Å²) in [6.45, 7) is 1.07. The average molecular weight is 295 g/mol. The lowest BCUT2D eigenvalue weighted by Crippen LogP contribution is -2.38. The molecule has 1 heterocycles. The van der Waals surface area contributed by atoms with Gasteiger partial charge in [0, 0.05) is 36.5 Å². The smallest absolute Gasteiger partial charge is 0.252 e. The number of rotatable bonds is 8. The highest BCUT2D eigenvalue weighted by Crippen LogP contribution is 2.31. The summed E-state index contributed by atoms with van der Waals surface area (Å²) in [7, 11) is 0. The van der Waals surface area contributed by atoms with Crippen molar-refractivity contribution in [3.8, 4) is 0 Å². The summed E-state index contributed by atoms with van der Waals surface area (Å²) in [5.74, 6) is 0.522. The van der Waals surface area contributed by atoms with Gasteiger partial charge in [0.15, 0.2) is 0 Å². The van der Waals surface area contributed by atoms with Crippen LogP contribution in [0.4, 0.5) is 0 Å². The van der Waals surface area contributed by atoms with E-state index in [0.717, 1.165) is 0 Å². The predicted molar refractivity (Wildman–Crippen MR) is 79.6 cm³/mol. The van der Waals surface area contributed by atoms with Gasteiger partial charge in [-0.05, 0) is 36.6 Å². The number of hydrogen-bond donors (Lipinski definition) is 3. The molecule has 1 saturated carbocycles. The van der Waals surface area contributed by atoms with Crippen LogP contribution >= 0.6 is 11.3 Å². The third-order valence-electron chi connectivity index (χ3n) is 3.41. The summed E-state index contributed by atoms with van der Waals surface area (Å²) in [5, 5.41) is 9.31. The quantitative estimate of drug-likeness (QED) is 0.628. The first kappa shape index (κ1) is 15.0. The van der Waals surface area contributed by atoms with Gasteiger partial charge < -0.3 is 16.4 Å². The van der Waals surface area contributed by atoms with E-state index < -0.39 is 0 Å². The maximum Gasteiger partial charge on any atom is 0.252 e. The van der Waals surface area contributed by atoms with Gasteiger partial charge in [0.1, 0.15) is 0 Å². The van der Waals surface area contributed by atoms with Crippen LogP contribution < -0.4 is 16.4 Å². The number of nitrogens with one attached hydrogen (secondary N) is 2. The van der Waals surface area contributed by atoms with Gasteiger partial charge in [0.25, 0.3) is 5.91 Å². The van der Waals surface area contributed by atoms with E-state index in [0.29, 0.717) is 37.4 Å². The second-order valence-electron chi connectivity index (χ2n) is 5.18. The molecule has 1 aliphatic carbocycles. The van der Waals surface area contributed by atoms with Crippen LogP contribution in [0.3, 0.4) is 0 Å². The van der Waals surface area contributed by atoms with E-state index >= 15 is 0 Å². The van der Waals surface area contributed by atoms with Crippen LogP contribution in [0.25, 0.3) is 0 Å². The first-order valence-electron chi connectivity index (χ1n) is 6.99. The lowest BCUT2D eigenvalue weighted by atomic mass is 10.2. The molecule has 1 aromatic rings. The fraction of sp³-hybridized carbons (Fsp3) is 0.571. The molecule has 1 unspecified atom stereocenters. The van der Waals surface area contributed by atoms with Crippen LogP contribution in [0.2, 0.25) is 0 Å². The van der Waals surface area contributed by atoms with Crippen molar-refractivity contribution >= 4 is 23.2 Å². The fourth-order valence-electron chi connectivity index (χ4n) is 1.96. The number of hydrogen-bond acceptors (Lipinski definition) is 4. The van der Waals surface area contributed by atoms with Crippen LogP contribution in [-0.2, 0) is 4.79 Å². The number of carbonyl (C=O) groups excluding carboxylic acids is 2. The SMILES string of the molecule is NC(CNC(=O)CCCNC(=O)c1ccsc1)C1CC1. The minimum atomic E-state index is -0.0811. The monoisotopic (exact) mass is 295 g/mol. The first-order valence-corrected chi connectivity index (χ1v) is 7.94. The van der Waals surface area contributed by atoms with Gasteiger partial charge >= 0.3 is 0 Å². The van der Waals surface area contributed by atoms with Crippen molar-refractivity contribution in [2.75, 3.05) is 13.1 Å². The Hall–Kier alpha value is -1.40. The summed E-state index contributed by atoms with van der Waals surface area (Å²) in [4.78, 5) is 23.2. The first-order chi connectivity index (χ1) is 9.66. The molecule has 2 rings (SSSR count). The molecule has 0 aliphatic heterocycles. The van der Waals surface area contributed by atoms with Crippen molar-refractivity contribution < 1.29 is 9.59 Å². The van der Waals surface area contributed by atoms with Gasteiger partial charge in [0.05, 0.1) is 0 Å². The predicted octanol–water partition coefficient (Wildman–Crippen LogP) is 1.11. The highest BCUT2D eigenvalue weighted by Gasteiger charge is 2.28. The summed E-state index contributed by atoms with van der Waals surface area (Å²) >= 11 is 1.49. The van der Waals surface area contributed by atoms with Crippen molar-refractivity contribution in [1.29, 1.82) is 0 Å². The van der Waals surface area contributed by atoms with E-state index in [9.17, 15) is 9.59 Å². The van der Waals surface area contributed by atoms with Crippen molar-refractivity contribution in [1.82, 2.24) is 10.6 Å². The molecular formula is C14H21N3O2S. The molecule has 6 heteroatoms. The Morgan fingerprint density at radius 2 is 2.20 bits per heavy atom. The molecule has 4 N–H and O–H groups in total. The Morgan fingerprint density at radius 3 is 2.85 bits per heavy atom. The standard InChI is InChI=1S/C14H21N3O2S/c15-12(10-3-4-10)8-17-13(18)2-1-6-16-14(19)11-5-7-20-9-11/h5,7,9-10,12H,1-4,6,8,15H2,(H,16,19)(H,17,18). The van der Waals surface area contributed by atoms with Crippen molar-refractivity contribution in [3.05, 3.63) is 22.4 Å². The average Bonchev–Trinajstić information content (AvgIpc) is 3.15. The molecule has 1 aliphatic rings. The summed E-state index contributed by atoms with van der Waals surface area (Å²) in [6, 6.07) is 1.88. The largest absolute Gasteiger partial charge is 0.355 e. The van der Waals surface area contributed by atoms with E-state index in [1.807, 2.05) is 5.38 Å². The zero-order chi connectivity index (χ0) is 14.4. The van der Waals surface area contributed by atoms with Crippen LogP contribution in [0.15, 0.2) is 16.8 Å². The lowest BCUT2D eigenvalue weighted by molar-refractivity contribution is -0.121. The zero-order valence-corrected chi connectivity index (χ0v) is 12.2. The van der Waals surface area contributed by atoms with E-state index in [-0.39, 0.29) is 17.9 Å². The molecule has 0 radical (unpaired) electrons. The minimum Gasteiger partial charge on any atom is -0.355 e. The van der Waals surface area contributed by atoms with Crippen LogP contribution in [-0.4, -0.2) is 30.9 Å². The summed E-state index contributed by atoms with van der Waals surface area (Å²) in [6.07, 6.45) is 3.43. The highest BCUT2D eigenvalue weighted by molar-refractivity contribution is 7.08. The summed E-state index contributed by atoms with van der Waals surface area (Å²) in [5.41, 5.74) is 6.58. The fourth-order valence-corrected chi connectivity index (χ4v) is 2.59. The second kappa shape index (κ2) is 7.40. The van der Waals surface area contributed by atoms with Crippen LogP contribution in [0, 0.1) is 5.92 Å². The maximum absolute atomic E-state index is 11.6. The number of amides is 2. The van der Waals surface area contributed by atoms with Crippen molar-refractivity contribution in [2.45, 2.75) is 31.7 Å². The topological polar surface area (TPSA) is 84.2 Å². The van der Waals surface area contributed by atoms with Crippen LogP contribution in [0.1, 0.15) is 36.0 Å². The van der Waals surface area contributed by atoms with E-state index in [2.05, 4.69) is 10.6 Å². The molecule has 5 nitrogen and oxygen atoms in total. The molecule has 0 bridgehead atoms. The van der Waals surface area contributed by atoms with Gasteiger partial charge in [0.2, 0.25) is 5.91 Å². The molecule has 20 heavy (non-hydrogen) atoms. The lowest BCUT2D eigenvalue weighted by Gasteiger charge is -2.11. The van der Waals surface area contributed by atoms with E-state index in [4.69, 9.17) is 5.73 Å². The van der Waals surface area contributed by atoms with Gasteiger partial charge in [-0.3, -0.25) is 9.59 Å². The second-order valence-corrected chi connectivity index (χ2v) is 5.96.